The molecule has 0 bridgehead atoms. The van der Waals surface area contributed by atoms with Gasteiger partial charge in [-0.05, 0) is 23.8 Å². The van der Waals surface area contributed by atoms with E-state index in [9.17, 15) is 23.2 Å². The zero-order chi connectivity index (χ0) is 16.9. The van der Waals surface area contributed by atoms with Gasteiger partial charge in [-0.1, -0.05) is 0 Å². The van der Waals surface area contributed by atoms with E-state index in [2.05, 4.69) is 5.32 Å². The van der Waals surface area contributed by atoms with Crippen molar-refractivity contribution in [1.82, 2.24) is 9.13 Å². The number of fused-ring (bicyclic) bond motifs is 1. The molecule has 1 aromatic carbocycles. The number of halogens is 2. The van der Waals surface area contributed by atoms with Crippen LogP contribution >= 0.6 is 0 Å². The molecule has 1 amide bonds. The van der Waals surface area contributed by atoms with Crippen LogP contribution in [0.5, 0.6) is 0 Å². The number of hydrogen-bond donors (Lipinski definition) is 1. The molecule has 1 N–H and O–H groups in total. The largest absolute Gasteiger partial charge is 0.332 e. The van der Waals surface area contributed by atoms with Gasteiger partial charge >= 0.3 is 5.69 Å². The van der Waals surface area contributed by atoms with E-state index in [1.54, 1.807) is 0 Å². The summed E-state index contributed by atoms with van der Waals surface area (Å²) in [5.74, 6) is -2.80. The van der Waals surface area contributed by atoms with Gasteiger partial charge in [-0.3, -0.25) is 18.7 Å². The summed E-state index contributed by atoms with van der Waals surface area (Å²) >= 11 is 0. The highest BCUT2D eigenvalue weighted by atomic mass is 19.1. The molecule has 2 aromatic rings. The first-order chi connectivity index (χ1) is 10.8. The van der Waals surface area contributed by atoms with Crippen molar-refractivity contribution in [2.45, 2.75) is 12.3 Å². The number of rotatable bonds is 1. The van der Waals surface area contributed by atoms with Crippen molar-refractivity contribution in [2.75, 3.05) is 5.32 Å². The van der Waals surface area contributed by atoms with Gasteiger partial charge in [0, 0.05) is 26.4 Å². The molecule has 0 unspecified atom stereocenters. The average Bonchev–Trinajstić information content (AvgIpc) is 2.52. The Bertz CT molecular complexity index is 946. The number of nitrogens with one attached hydrogen (secondary N) is 1. The minimum atomic E-state index is -0.958. The molecular weight excluding hydrogens is 308 g/mol. The third-order valence-electron chi connectivity index (χ3n) is 4.03. The quantitative estimate of drug-likeness (QED) is 0.846. The highest BCUT2D eigenvalue weighted by Crippen LogP contribution is 2.35. The van der Waals surface area contributed by atoms with Crippen molar-refractivity contribution < 1.29 is 13.6 Å². The number of benzene rings is 1. The second-order valence-electron chi connectivity index (χ2n) is 5.44. The molecule has 3 rings (SSSR count). The van der Waals surface area contributed by atoms with Gasteiger partial charge in [0.1, 0.15) is 17.5 Å². The normalized spacial score (nSPS) is 16.9. The van der Waals surface area contributed by atoms with Crippen molar-refractivity contribution >= 4 is 11.7 Å². The van der Waals surface area contributed by atoms with Crippen LogP contribution in [0.4, 0.5) is 14.6 Å². The molecule has 0 fully saturated rings. The van der Waals surface area contributed by atoms with Crippen molar-refractivity contribution in [3.05, 3.63) is 61.8 Å². The summed E-state index contributed by atoms with van der Waals surface area (Å²) in [7, 11) is 2.69. The third-order valence-corrected chi connectivity index (χ3v) is 4.03. The molecule has 1 aliphatic rings. The predicted octanol–water partition coefficient (Wildman–Crippen LogP) is 0.836. The van der Waals surface area contributed by atoms with Gasteiger partial charge in [0.25, 0.3) is 5.56 Å². The Morgan fingerprint density at radius 3 is 2.52 bits per heavy atom. The zero-order valence-corrected chi connectivity index (χ0v) is 12.4. The first-order valence-corrected chi connectivity index (χ1v) is 6.86. The maximum atomic E-state index is 14.1. The van der Waals surface area contributed by atoms with E-state index in [1.165, 1.54) is 14.1 Å². The SMILES string of the molecule is Cn1c2c(c(=O)n(C)c1=O)[C@@H](c1cc(F)ccc1F)CC(=O)N2. The van der Waals surface area contributed by atoms with Crippen LogP contribution in [0.25, 0.3) is 0 Å². The minimum absolute atomic E-state index is 0.0167. The lowest BCUT2D eigenvalue weighted by Gasteiger charge is -2.27. The van der Waals surface area contributed by atoms with Crippen LogP contribution in [0.2, 0.25) is 0 Å². The topological polar surface area (TPSA) is 73.1 Å². The zero-order valence-electron chi connectivity index (χ0n) is 12.4. The molecule has 1 atom stereocenters. The van der Waals surface area contributed by atoms with E-state index in [-0.39, 0.29) is 23.4 Å². The van der Waals surface area contributed by atoms with E-state index in [4.69, 9.17) is 0 Å². The predicted molar refractivity (Wildman–Crippen MR) is 78.4 cm³/mol. The summed E-state index contributed by atoms with van der Waals surface area (Å²) in [5.41, 5.74) is -1.28. The molecule has 120 valence electrons. The van der Waals surface area contributed by atoms with Crippen LogP contribution in [-0.4, -0.2) is 15.0 Å². The Kier molecular flexibility index (Phi) is 3.39. The molecule has 1 aliphatic heterocycles. The summed E-state index contributed by atoms with van der Waals surface area (Å²) in [5, 5.41) is 2.47. The molecule has 0 aliphatic carbocycles. The fourth-order valence-electron chi connectivity index (χ4n) is 2.85. The lowest BCUT2D eigenvalue weighted by Crippen LogP contribution is -2.44. The number of nitrogens with zero attached hydrogens (tertiary/aromatic N) is 2. The average molecular weight is 321 g/mol. The lowest BCUT2D eigenvalue weighted by molar-refractivity contribution is -0.116. The van der Waals surface area contributed by atoms with Gasteiger partial charge in [-0.25, -0.2) is 13.6 Å². The maximum absolute atomic E-state index is 14.1. The summed E-state index contributed by atoms with van der Waals surface area (Å²) in [6.07, 6.45) is -0.208. The van der Waals surface area contributed by atoms with E-state index >= 15 is 0 Å². The molecule has 1 aromatic heterocycles. The lowest BCUT2D eigenvalue weighted by atomic mass is 9.86. The summed E-state index contributed by atoms with van der Waals surface area (Å²) in [6.45, 7) is 0. The first-order valence-electron chi connectivity index (χ1n) is 6.86. The molecular formula is C15H13F2N3O3. The third kappa shape index (κ3) is 2.26. The summed E-state index contributed by atoms with van der Waals surface area (Å²) in [6, 6.07) is 2.87. The van der Waals surface area contributed by atoms with Crippen molar-refractivity contribution in [1.29, 1.82) is 0 Å². The number of aromatic nitrogens is 2. The van der Waals surface area contributed by atoms with Gasteiger partial charge in [0.2, 0.25) is 5.91 Å². The van der Waals surface area contributed by atoms with Gasteiger partial charge < -0.3 is 5.32 Å². The van der Waals surface area contributed by atoms with Crippen LogP contribution in [0.3, 0.4) is 0 Å². The Balaban J connectivity index is 2.36. The van der Waals surface area contributed by atoms with Crippen LogP contribution < -0.4 is 16.6 Å². The molecule has 0 spiro atoms. The van der Waals surface area contributed by atoms with E-state index in [0.717, 1.165) is 27.3 Å². The maximum Gasteiger partial charge on any atom is 0.332 e. The Hall–Kier alpha value is -2.77. The molecule has 0 saturated carbocycles. The number of amides is 1. The number of carbonyl (C=O) groups is 1. The van der Waals surface area contributed by atoms with Crippen molar-refractivity contribution in [2.24, 2.45) is 14.1 Å². The standard InChI is InChI=1S/C15H13F2N3O3/c1-19-13-12(14(22)20(2)15(19)23)9(6-11(21)18-13)8-5-7(16)3-4-10(8)17/h3-5,9H,6H2,1-2H3,(H,18,21)/t9-/m1/s1. The number of carbonyl (C=O) groups excluding carboxylic acids is 1. The Morgan fingerprint density at radius 2 is 1.83 bits per heavy atom. The molecule has 8 heteroatoms. The summed E-state index contributed by atoms with van der Waals surface area (Å²) in [4.78, 5) is 36.3. The van der Waals surface area contributed by atoms with Crippen LogP contribution in [0.1, 0.15) is 23.5 Å². The Morgan fingerprint density at radius 1 is 1.13 bits per heavy atom. The molecule has 6 nitrogen and oxygen atoms in total. The molecule has 0 saturated heterocycles. The van der Waals surface area contributed by atoms with E-state index in [0.29, 0.717) is 0 Å². The molecule has 23 heavy (non-hydrogen) atoms. The van der Waals surface area contributed by atoms with E-state index in [1.807, 2.05) is 0 Å². The van der Waals surface area contributed by atoms with Gasteiger partial charge in [-0.2, -0.15) is 0 Å². The minimum Gasteiger partial charge on any atom is -0.312 e. The first kappa shape index (κ1) is 15.1. The van der Waals surface area contributed by atoms with Gasteiger partial charge in [0.05, 0.1) is 5.56 Å². The fraction of sp³-hybridized carbons (Fsp3) is 0.267. The molecule has 0 radical (unpaired) electrons. The number of anilines is 1. The van der Waals surface area contributed by atoms with Crippen LogP contribution in [0.15, 0.2) is 27.8 Å². The fourth-order valence-corrected chi connectivity index (χ4v) is 2.85. The van der Waals surface area contributed by atoms with Crippen LogP contribution in [-0.2, 0) is 18.9 Å². The van der Waals surface area contributed by atoms with Crippen molar-refractivity contribution in [3.63, 3.8) is 0 Å². The highest BCUT2D eigenvalue weighted by Gasteiger charge is 2.33. The van der Waals surface area contributed by atoms with Crippen LogP contribution in [0, 0.1) is 11.6 Å². The van der Waals surface area contributed by atoms with Gasteiger partial charge in [-0.15, -0.1) is 0 Å². The second-order valence-corrected chi connectivity index (χ2v) is 5.44. The summed E-state index contributed by atoms with van der Waals surface area (Å²) < 4.78 is 29.6. The highest BCUT2D eigenvalue weighted by molar-refractivity contribution is 5.94. The molecule has 2 heterocycles. The number of hydrogen-bond acceptors (Lipinski definition) is 3. The van der Waals surface area contributed by atoms with Gasteiger partial charge in [0.15, 0.2) is 0 Å². The Labute approximate surface area is 129 Å². The second kappa shape index (κ2) is 5.15. The van der Waals surface area contributed by atoms with Crippen molar-refractivity contribution in [3.8, 4) is 0 Å². The van der Waals surface area contributed by atoms with E-state index < -0.39 is 34.7 Å². The smallest absolute Gasteiger partial charge is 0.312 e. The monoisotopic (exact) mass is 321 g/mol.